The average Bonchev–Trinajstić information content (AvgIpc) is 3.44. The molecule has 0 spiro atoms. The SMILES string of the molecule is COc1cccc(N2CC(C(=O)Nc3nnc(SCC(=O)c4ccccc4)s3)CC2=O)c1. The van der Waals surface area contributed by atoms with Gasteiger partial charge in [-0.1, -0.05) is 59.5 Å². The number of Topliss-reactive ketones (excluding diaryl/α,β-unsaturated/α-hetero) is 1. The van der Waals surface area contributed by atoms with Crippen LogP contribution >= 0.6 is 23.1 Å². The number of nitrogens with one attached hydrogen (secondary N) is 1. The molecule has 164 valence electrons. The lowest BCUT2D eigenvalue weighted by molar-refractivity contribution is -0.122. The minimum atomic E-state index is -0.492. The van der Waals surface area contributed by atoms with E-state index in [0.717, 1.165) is 0 Å². The molecule has 1 atom stereocenters. The third-order valence-electron chi connectivity index (χ3n) is 4.92. The van der Waals surface area contributed by atoms with E-state index in [1.165, 1.54) is 23.1 Å². The quantitative estimate of drug-likeness (QED) is 0.307. The van der Waals surface area contributed by atoms with Crippen molar-refractivity contribution in [2.24, 2.45) is 5.92 Å². The van der Waals surface area contributed by atoms with E-state index in [0.29, 0.717) is 26.5 Å². The first-order chi connectivity index (χ1) is 15.5. The summed E-state index contributed by atoms with van der Waals surface area (Å²) < 4.78 is 5.80. The van der Waals surface area contributed by atoms with Crippen LogP contribution < -0.4 is 15.0 Å². The number of hydrogen-bond acceptors (Lipinski definition) is 8. The van der Waals surface area contributed by atoms with Gasteiger partial charge in [0.25, 0.3) is 0 Å². The van der Waals surface area contributed by atoms with Crippen molar-refractivity contribution in [3.8, 4) is 5.75 Å². The Kier molecular flexibility index (Phi) is 6.81. The lowest BCUT2D eigenvalue weighted by atomic mass is 10.1. The van der Waals surface area contributed by atoms with E-state index in [1.807, 2.05) is 24.3 Å². The molecule has 10 heteroatoms. The summed E-state index contributed by atoms with van der Waals surface area (Å²) in [5.41, 5.74) is 1.34. The van der Waals surface area contributed by atoms with Crippen molar-refractivity contribution in [1.82, 2.24) is 10.2 Å². The fourth-order valence-corrected chi connectivity index (χ4v) is 4.92. The Labute approximate surface area is 193 Å². The normalized spacial score (nSPS) is 15.6. The maximum Gasteiger partial charge on any atom is 0.231 e. The molecule has 0 aliphatic carbocycles. The summed E-state index contributed by atoms with van der Waals surface area (Å²) in [7, 11) is 1.56. The second-order valence-corrected chi connectivity index (χ2v) is 9.25. The molecule has 3 aromatic rings. The van der Waals surface area contributed by atoms with E-state index >= 15 is 0 Å². The summed E-state index contributed by atoms with van der Waals surface area (Å²) in [5.74, 6) is -0.0120. The average molecular weight is 469 g/mol. The zero-order valence-corrected chi connectivity index (χ0v) is 18.8. The molecule has 1 aliphatic heterocycles. The molecule has 0 saturated carbocycles. The van der Waals surface area contributed by atoms with E-state index < -0.39 is 5.92 Å². The number of carbonyl (C=O) groups is 3. The van der Waals surface area contributed by atoms with Gasteiger partial charge in [0.15, 0.2) is 10.1 Å². The van der Waals surface area contributed by atoms with E-state index in [2.05, 4.69) is 15.5 Å². The molecule has 1 unspecified atom stereocenters. The highest BCUT2D eigenvalue weighted by molar-refractivity contribution is 8.01. The molecule has 1 fully saturated rings. The molecule has 8 nitrogen and oxygen atoms in total. The predicted octanol–water partition coefficient (Wildman–Crippen LogP) is 3.51. The van der Waals surface area contributed by atoms with Gasteiger partial charge < -0.3 is 15.0 Å². The van der Waals surface area contributed by atoms with Crippen LogP contribution in [0.4, 0.5) is 10.8 Å². The number of methoxy groups -OCH3 is 1. The summed E-state index contributed by atoms with van der Waals surface area (Å²) in [4.78, 5) is 38.9. The summed E-state index contributed by atoms with van der Waals surface area (Å²) >= 11 is 2.48. The first kappa shape index (κ1) is 22.0. The van der Waals surface area contributed by atoms with Crippen LogP contribution in [0, 0.1) is 5.92 Å². The third kappa shape index (κ3) is 5.14. The number of rotatable bonds is 8. The first-order valence-corrected chi connectivity index (χ1v) is 11.6. The van der Waals surface area contributed by atoms with Gasteiger partial charge in [-0.15, -0.1) is 10.2 Å². The van der Waals surface area contributed by atoms with Gasteiger partial charge >= 0.3 is 0 Å². The molecule has 0 bridgehead atoms. The molecule has 1 saturated heterocycles. The Morgan fingerprint density at radius 2 is 2.00 bits per heavy atom. The van der Waals surface area contributed by atoms with Crippen molar-refractivity contribution >= 4 is 51.5 Å². The fraction of sp³-hybridized carbons (Fsp3) is 0.227. The lowest BCUT2D eigenvalue weighted by Crippen LogP contribution is -2.28. The van der Waals surface area contributed by atoms with Crippen molar-refractivity contribution < 1.29 is 19.1 Å². The van der Waals surface area contributed by atoms with Crippen LogP contribution in [0.15, 0.2) is 58.9 Å². The molecule has 1 aromatic heterocycles. The van der Waals surface area contributed by atoms with Gasteiger partial charge in [0.05, 0.1) is 18.8 Å². The summed E-state index contributed by atoms with van der Waals surface area (Å²) in [6.45, 7) is 0.282. The number of anilines is 2. The van der Waals surface area contributed by atoms with Crippen LogP contribution in [-0.2, 0) is 9.59 Å². The zero-order valence-electron chi connectivity index (χ0n) is 17.2. The Balaban J connectivity index is 1.32. The van der Waals surface area contributed by atoms with Crippen LogP contribution in [0.2, 0.25) is 0 Å². The maximum absolute atomic E-state index is 12.7. The standard InChI is InChI=1S/C22H20N4O4S2/c1-30-17-9-5-8-16(11-17)26-12-15(10-19(26)28)20(29)23-21-24-25-22(32-21)31-13-18(27)14-6-3-2-4-7-14/h2-9,11,15H,10,12-13H2,1H3,(H,23,24,29). The largest absolute Gasteiger partial charge is 0.497 e. The second-order valence-electron chi connectivity index (χ2n) is 7.05. The highest BCUT2D eigenvalue weighted by Crippen LogP contribution is 2.30. The highest BCUT2D eigenvalue weighted by atomic mass is 32.2. The van der Waals surface area contributed by atoms with Crippen molar-refractivity contribution in [3.05, 3.63) is 60.2 Å². The molecule has 32 heavy (non-hydrogen) atoms. The van der Waals surface area contributed by atoms with Crippen LogP contribution in [0.1, 0.15) is 16.8 Å². The topological polar surface area (TPSA) is 101 Å². The van der Waals surface area contributed by atoms with Gasteiger partial charge in [0.2, 0.25) is 16.9 Å². The van der Waals surface area contributed by atoms with Crippen LogP contribution in [0.3, 0.4) is 0 Å². The van der Waals surface area contributed by atoms with Crippen LogP contribution in [0.25, 0.3) is 0 Å². The Morgan fingerprint density at radius 1 is 1.19 bits per heavy atom. The minimum absolute atomic E-state index is 0.00140. The van der Waals surface area contributed by atoms with E-state index in [1.54, 1.807) is 42.3 Å². The van der Waals surface area contributed by atoms with Gasteiger partial charge in [-0.05, 0) is 12.1 Å². The maximum atomic E-state index is 12.7. The Bertz CT molecular complexity index is 1140. The predicted molar refractivity (Wildman–Crippen MR) is 123 cm³/mol. The molecule has 1 N–H and O–H groups in total. The number of thioether (sulfide) groups is 1. The second kappa shape index (κ2) is 9.92. The van der Waals surface area contributed by atoms with Gasteiger partial charge in [-0.3, -0.25) is 14.4 Å². The summed E-state index contributed by atoms with van der Waals surface area (Å²) in [6.07, 6.45) is 0.120. The molecule has 0 radical (unpaired) electrons. The number of ether oxygens (including phenoxy) is 1. The lowest BCUT2D eigenvalue weighted by Gasteiger charge is -2.17. The van der Waals surface area contributed by atoms with Crippen molar-refractivity contribution in [2.45, 2.75) is 10.8 Å². The van der Waals surface area contributed by atoms with Gasteiger partial charge in [0, 0.05) is 30.3 Å². The molecule has 2 heterocycles. The van der Waals surface area contributed by atoms with Gasteiger partial charge in [-0.25, -0.2) is 0 Å². The number of nitrogens with zero attached hydrogens (tertiary/aromatic N) is 3. The Morgan fingerprint density at radius 3 is 2.78 bits per heavy atom. The number of hydrogen-bond donors (Lipinski definition) is 1. The molecule has 2 aromatic carbocycles. The number of amides is 2. The number of aromatic nitrogens is 2. The smallest absolute Gasteiger partial charge is 0.231 e. The zero-order chi connectivity index (χ0) is 22.5. The van der Waals surface area contributed by atoms with Crippen LogP contribution in [-0.4, -0.2) is 47.2 Å². The number of ketones is 1. The molecule has 1 aliphatic rings. The van der Waals surface area contributed by atoms with Gasteiger partial charge in [-0.2, -0.15) is 0 Å². The minimum Gasteiger partial charge on any atom is -0.497 e. The van der Waals surface area contributed by atoms with E-state index in [-0.39, 0.29) is 36.3 Å². The van der Waals surface area contributed by atoms with E-state index in [9.17, 15) is 14.4 Å². The van der Waals surface area contributed by atoms with Crippen LogP contribution in [0.5, 0.6) is 5.75 Å². The molecular weight excluding hydrogens is 448 g/mol. The van der Waals surface area contributed by atoms with Crippen molar-refractivity contribution in [1.29, 1.82) is 0 Å². The third-order valence-corrected chi connectivity index (χ3v) is 6.89. The van der Waals surface area contributed by atoms with Crippen molar-refractivity contribution in [3.63, 3.8) is 0 Å². The summed E-state index contributed by atoms with van der Waals surface area (Å²) in [6, 6.07) is 16.2. The number of carbonyl (C=O) groups excluding carboxylic acids is 3. The number of benzene rings is 2. The van der Waals surface area contributed by atoms with Crippen molar-refractivity contribution in [2.75, 3.05) is 29.6 Å². The fourth-order valence-electron chi connectivity index (χ4n) is 3.27. The summed E-state index contributed by atoms with van der Waals surface area (Å²) in [5, 5.41) is 11.1. The van der Waals surface area contributed by atoms with Gasteiger partial charge in [0.1, 0.15) is 5.75 Å². The molecular formula is C22H20N4O4S2. The Hall–Kier alpha value is -3.24. The highest BCUT2D eigenvalue weighted by Gasteiger charge is 2.35. The molecule has 4 rings (SSSR count). The molecule has 2 amide bonds. The monoisotopic (exact) mass is 468 g/mol. The first-order valence-electron chi connectivity index (χ1n) is 9.83. The van der Waals surface area contributed by atoms with E-state index in [4.69, 9.17) is 4.74 Å².